The number of rotatable bonds is 7. The molecular weight excluding hydrogens is 264 g/mol. The van der Waals surface area contributed by atoms with Crippen LogP contribution in [0, 0.1) is 0 Å². The lowest BCUT2D eigenvalue weighted by Crippen LogP contribution is -2.49. The topological polar surface area (TPSA) is 80.0 Å². The molecule has 0 saturated heterocycles. The van der Waals surface area contributed by atoms with Crippen LogP contribution in [0.25, 0.3) is 0 Å². The number of likely N-dealkylation sites (N-methyl/N-ethyl adjacent to an activating group) is 1. The summed E-state index contributed by atoms with van der Waals surface area (Å²) in [6.07, 6.45) is 5.95. The highest BCUT2D eigenvalue weighted by atomic mass is 16.1. The molecule has 0 atom stereocenters. The van der Waals surface area contributed by atoms with E-state index in [-0.39, 0.29) is 5.91 Å². The summed E-state index contributed by atoms with van der Waals surface area (Å²) in [6, 6.07) is 3.83. The quantitative estimate of drug-likeness (QED) is 0.519. The average molecular weight is 288 g/mol. The summed E-state index contributed by atoms with van der Waals surface area (Å²) in [5.41, 5.74) is 7.37. The van der Waals surface area contributed by atoms with E-state index in [9.17, 15) is 4.79 Å². The standard InChI is InChI=1S/C16H24N4O/c1-12(18-4)14(15(21)20-16(2,3)11-17)6-5-13-7-9-19-10-8-13/h6-10,18H,1,5,11,17H2,2-4H3,(H,20,21)/b14-6+. The Hall–Kier alpha value is -2.14. The Morgan fingerprint density at radius 1 is 1.43 bits per heavy atom. The SMILES string of the molecule is C=C(NC)/C(=C\Cc1ccncc1)C(=O)NC(C)(C)CN. The number of carbonyl (C=O) groups excluding carboxylic acids is 1. The smallest absolute Gasteiger partial charge is 0.253 e. The van der Waals surface area contributed by atoms with Gasteiger partial charge in [-0.05, 0) is 38.0 Å². The maximum Gasteiger partial charge on any atom is 0.253 e. The summed E-state index contributed by atoms with van der Waals surface area (Å²) in [7, 11) is 1.74. The number of allylic oxidation sites excluding steroid dienone is 1. The highest BCUT2D eigenvalue weighted by Crippen LogP contribution is 2.10. The molecule has 0 spiro atoms. The molecule has 0 fully saturated rings. The zero-order valence-electron chi connectivity index (χ0n) is 12.9. The van der Waals surface area contributed by atoms with Gasteiger partial charge < -0.3 is 16.4 Å². The van der Waals surface area contributed by atoms with Gasteiger partial charge in [-0.3, -0.25) is 9.78 Å². The third-order valence-electron chi connectivity index (χ3n) is 3.12. The van der Waals surface area contributed by atoms with Crippen molar-refractivity contribution in [3.8, 4) is 0 Å². The Labute approximate surface area is 126 Å². The second-order valence-corrected chi connectivity index (χ2v) is 5.45. The summed E-state index contributed by atoms with van der Waals surface area (Å²) in [5.74, 6) is -0.182. The zero-order chi connectivity index (χ0) is 15.9. The first-order valence-electron chi connectivity index (χ1n) is 6.88. The molecule has 0 aromatic carbocycles. The molecule has 5 nitrogen and oxygen atoms in total. The van der Waals surface area contributed by atoms with Gasteiger partial charge in [0.1, 0.15) is 0 Å². The zero-order valence-corrected chi connectivity index (χ0v) is 12.9. The molecule has 4 N–H and O–H groups in total. The molecule has 1 rings (SSSR count). The van der Waals surface area contributed by atoms with Gasteiger partial charge in [0.15, 0.2) is 0 Å². The van der Waals surface area contributed by atoms with Crippen molar-refractivity contribution in [3.05, 3.63) is 54.0 Å². The number of amides is 1. The number of carbonyl (C=O) groups is 1. The lowest BCUT2D eigenvalue weighted by molar-refractivity contribution is -0.118. The van der Waals surface area contributed by atoms with Gasteiger partial charge in [-0.2, -0.15) is 0 Å². The molecule has 1 heterocycles. The van der Waals surface area contributed by atoms with Crippen molar-refractivity contribution in [3.63, 3.8) is 0 Å². The van der Waals surface area contributed by atoms with Crippen molar-refractivity contribution in [2.45, 2.75) is 25.8 Å². The number of nitrogens with one attached hydrogen (secondary N) is 2. The van der Waals surface area contributed by atoms with Crippen molar-refractivity contribution in [2.24, 2.45) is 5.73 Å². The molecule has 0 radical (unpaired) electrons. The Kier molecular flexibility index (Phi) is 6.11. The van der Waals surface area contributed by atoms with Crippen LogP contribution in [-0.2, 0) is 11.2 Å². The van der Waals surface area contributed by atoms with Crippen molar-refractivity contribution >= 4 is 5.91 Å². The van der Waals surface area contributed by atoms with E-state index in [1.165, 1.54) is 0 Å². The van der Waals surface area contributed by atoms with E-state index in [2.05, 4.69) is 22.2 Å². The molecule has 0 unspecified atom stereocenters. The molecule has 1 aromatic rings. The average Bonchev–Trinajstić information content (AvgIpc) is 2.47. The number of aromatic nitrogens is 1. The van der Waals surface area contributed by atoms with E-state index in [4.69, 9.17) is 5.73 Å². The molecule has 5 heteroatoms. The third-order valence-corrected chi connectivity index (χ3v) is 3.12. The van der Waals surface area contributed by atoms with E-state index < -0.39 is 5.54 Å². The number of hydrogen-bond donors (Lipinski definition) is 3. The highest BCUT2D eigenvalue weighted by molar-refractivity contribution is 5.97. The maximum absolute atomic E-state index is 12.4. The fourth-order valence-corrected chi connectivity index (χ4v) is 1.65. The molecule has 1 amide bonds. The van der Waals surface area contributed by atoms with Crippen LogP contribution in [0.1, 0.15) is 19.4 Å². The Morgan fingerprint density at radius 3 is 2.57 bits per heavy atom. The molecule has 1 aromatic heterocycles. The molecule has 21 heavy (non-hydrogen) atoms. The van der Waals surface area contributed by atoms with Gasteiger partial charge in [0, 0.05) is 37.2 Å². The van der Waals surface area contributed by atoms with E-state index >= 15 is 0 Å². The second-order valence-electron chi connectivity index (χ2n) is 5.45. The Balaban J connectivity index is 2.90. The predicted molar refractivity (Wildman–Crippen MR) is 85.5 cm³/mol. The predicted octanol–water partition coefficient (Wildman–Crippen LogP) is 1.14. The normalized spacial score (nSPS) is 11.9. The van der Waals surface area contributed by atoms with Gasteiger partial charge in [0.2, 0.25) is 0 Å². The van der Waals surface area contributed by atoms with Gasteiger partial charge in [-0.25, -0.2) is 0 Å². The first-order chi connectivity index (χ1) is 9.89. The minimum Gasteiger partial charge on any atom is -0.388 e. The summed E-state index contributed by atoms with van der Waals surface area (Å²) in [4.78, 5) is 16.4. The van der Waals surface area contributed by atoms with Gasteiger partial charge in [-0.1, -0.05) is 12.7 Å². The number of hydrogen-bond acceptors (Lipinski definition) is 4. The lowest BCUT2D eigenvalue weighted by atomic mass is 10.0. The first-order valence-corrected chi connectivity index (χ1v) is 6.88. The van der Waals surface area contributed by atoms with Crippen LogP contribution in [0.15, 0.2) is 48.5 Å². The highest BCUT2D eigenvalue weighted by Gasteiger charge is 2.21. The second kappa shape index (κ2) is 7.59. The molecule has 0 aliphatic carbocycles. The van der Waals surface area contributed by atoms with Gasteiger partial charge in [0.25, 0.3) is 5.91 Å². The molecular formula is C16H24N4O. The van der Waals surface area contributed by atoms with E-state index in [1.807, 2.05) is 32.1 Å². The molecule has 114 valence electrons. The van der Waals surface area contributed by atoms with E-state index in [1.54, 1.807) is 19.4 Å². The fraction of sp³-hybridized carbons (Fsp3) is 0.375. The fourth-order valence-electron chi connectivity index (χ4n) is 1.65. The van der Waals surface area contributed by atoms with Crippen molar-refractivity contribution in [1.82, 2.24) is 15.6 Å². The van der Waals surface area contributed by atoms with Crippen molar-refractivity contribution in [2.75, 3.05) is 13.6 Å². The van der Waals surface area contributed by atoms with Crippen LogP contribution < -0.4 is 16.4 Å². The minimum absolute atomic E-state index is 0.182. The largest absolute Gasteiger partial charge is 0.388 e. The number of nitrogens with zero attached hydrogens (tertiary/aromatic N) is 1. The monoisotopic (exact) mass is 288 g/mol. The van der Waals surface area contributed by atoms with Crippen LogP contribution >= 0.6 is 0 Å². The number of pyridine rings is 1. The third kappa shape index (κ3) is 5.39. The summed E-state index contributed by atoms with van der Waals surface area (Å²) in [5, 5.41) is 5.83. The van der Waals surface area contributed by atoms with Crippen LogP contribution in [-0.4, -0.2) is 30.0 Å². The van der Waals surface area contributed by atoms with Crippen LogP contribution in [0.4, 0.5) is 0 Å². The summed E-state index contributed by atoms with van der Waals surface area (Å²) < 4.78 is 0. The minimum atomic E-state index is -0.457. The lowest BCUT2D eigenvalue weighted by Gasteiger charge is -2.25. The molecule has 0 bridgehead atoms. The summed E-state index contributed by atoms with van der Waals surface area (Å²) in [6.45, 7) is 8.01. The van der Waals surface area contributed by atoms with Gasteiger partial charge >= 0.3 is 0 Å². The maximum atomic E-state index is 12.4. The van der Waals surface area contributed by atoms with Crippen LogP contribution in [0.3, 0.4) is 0 Å². The number of nitrogens with two attached hydrogens (primary N) is 1. The van der Waals surface area contributed by atoms with Crippen molar-refractivity contribution in [1.29, 1.82) is 0 Å². The van der Waals surface area contributed by atoms with Crippen LogP contribution in [0.2, 0.25) is 0 Å². The Morgan fingerprint density at radius 2 is 2.05 bits per heavy atom. The van der Waals surface area contributed by atoms with Crippen LogP contribution in [0.5, 0.6) is 0 Å². The molecule has 0 aliphatic heterocycles. The van der Waals surface area contributed by atoms with Crippen molar-refractivity contribution < 1.29 is 4.79 Å². The molecule has 0 saturated carbocycles. The first kappa shape index (κ1) is 16.9. The molecule has 0 aliphatic rings. The van der Waals surface area contributed by atoms with E-state index in [0.717, 1.165) is 5.56 Å². The Bertz CT molecular complexity index is 520. The van der Waals surface area contributed by atoms with Gasteiger partial charge in [0.05, 0.1) is 5.57 Å². The summed E-state index contributed by atoms with van der Waals surface area (Å²) >= 11 is 0. The van der Waals surface area contributed by atoms with Gasteiger partial charge in [-0.15, -0.1) is 0 Å². The van der Waals surface area contributed by atoms with E-state index in [0.29, 0.717) is 24.2 Å².